The summed E-state index contributed by atoms with van der Waals surface area (Å²) in [7, 11) is 0. The normalized spacial score (nSPS) is 11.6. The molecule has 0 spiro atoms. The number of ether oxygens (including phenoxy) is 1. The molecule has 0 saturated carbocycles. The van der Waals surface area contributed by atoms with E-state index in [9.17, 15) is 9.59 Å². The fourth-order valence-electron chi connectivity index (χ4n) is 2.14. The molecule has 120 valence electrons. The van der Waals surface area contributed by atoms with Gasteiger partial charge in [-0.05, 0) is 31.5 Å². The second-order valence-electron chi connectivity index (χ2n) is 5.49. The third kappa shape index (κ3) is 5.58. The monoisotopic (exact) mass is 311 g/mol. The van der Waals surface area contributed by atoms with E-state index >= 15 is 0 Å². The highest BCUT2D eigenvalue weighted by molar-refractivity contribution is 5.82. The number of carbonyl (C=O) groups excluding carboxylic acids is 2. The summed E-state index contributed by atoms with van der Waals surface area (Å²) >= 11 is 0. The minimum Gasteiger partial charge on any atom is -0.427 e. The number of rotatable bonds is 6. The summed E-state index contributed by atoms with van der Waals surface area (Å²) in [5.74, 6) is -0.0720. The Morgan fingerprint density at radius 1 is 1.00 bits per heavy atom. The van der Waals surface area contributed by atoms with Crippen LogP contribution in [0.3, 0.4) is 0 Å². The molecule has 1 amide bonds. The van der Waals surface area contributed by atoms with E-state index in [1.54, 1.807) is 12.1 Å². The van der Waals surface area contributed by atoms with Gasteiger partial charge in [-0.25, -0.2) is 0 Å². The number of aryl methyl sites for hydroxylation is 1. The second-order valence-corrected chi connectivity index (χ2v) is 5.49. The summed E-state index contributed by atoms with van der Waals surface area (Å²) < 4.78 is 5.19. The van der Waals surface area contributed by atoms with Gasteiger partial charge in [0.25, 0.3) is 0 Å². The number of amides is 1. The first-order valence-electron chi connectivity index (χ1n) is 7.66. The molecule has 0 fully saturated rings. The van der Waals surface area contributed by atoms with Crippen LogP contribution in [0.5, 0.6) is 5.75 Å². The summed E-state index contributed by atoms with van der Waals surface area (Å²) in [6.07, 6.45) is 0.170. The summed E-state index contributed by atoms with van der Waals surface area (Å²) in [4.78, 5) is 23.7. The lowest BCUT2D eigenvalue weighted by atomic mass is 10.1. The maximum absolute atomic E-state index is 11.9. The molecule has 1 atom stereocenters. The van der Waals surface area contributed by atoms with E-state index in [0.29, 0.717) is 5.75 Å². The Labute approximate surface area is 136 Å². The van der Waals surface area contributed by atoms with E-state index in [1.807, 2.05) is 56.3 Å². The zero-order valence-electron chi connectivity index (χ0n) is 13.4. The average Bonchev–Trinajstić information content (AvgIpc) is 2.56. The third-order valence-corrected chi connectivity index (χ3v) is 3.49. The number of carbonyl (C=O) groups is 2. The van der Waals surface area contributed by atoms with Crippen molar-refractivity contribution in [3.05, 3.63) is 65.7 Å². The quantitative estimate of drug-likeness (QED) is 0.655. The lowest BCUT2D eigenvalue weighted by molar-refractivity contribution is -0.136. The molecule has 0 saturated heterocycles. The van der Waals surface area contributed by atoms with E-state index in [1.165, 1.54) is 0 Å². The first kappa shape index (κ1) is 16.7. The summed E-state index contributed by atoms with van der Waals surface area (Å²) in [6.45, 7) is 3.88. The zero-order chi connectivity index (χ0) is 16.7. The van der Waals surface area contributed by atoms with Crippen LogP contribution < -0.4 is 10.1 Å². The van der Waals surface area contributed by atoms with E-state index in [-0.39, 0.29) is 24.8 Å². The van der Waals surface area contributed by atoms with Gasteiger partial charge in [-0.1, -0.05) is 48.0 Å². The van der Waals surface area contributed by atoms with Crippen molar-refractivity contribution < 1.29 is 14.3 Å². The summed E-state index contributed by atoms with van der Waals surface area (Å²) in [6, 6.07) is 16.8. The Morgan fingerprint density at radius 2 is 1.65 bits per heavy atom. The summed E-state index contributed by atoms with van der Waals surface area (Å²) in [5, 5.41) is 2.88. The molecule has 2 rings (SSSR count). The standard InChI is InChI=1S/C19H21NO3/c1-14-8-10-17(11-9-14)23-19(22)13-12-18(21)20-15(2)16-6-4-3-5-7-16/h3-11,15H,12-13H2,1-2H3,(H,20,21)/t15-/m1/s1. The number of benzene rings is 2. The van der Waals surface area contributed by atoms with Crippen molar-refractivity contribution in [1.29, 1.82) is 0 Å². The third-order valence-electron chi connectivity index (χ3n) is 3.49. The van der Waals surface area contributed by atoms with Crippen molar-refractivity contribution in [2.45, 2.75) is 32.7 Å². The van der Waals surface area contributed by atoms with Crippen molar-refractivity contribution in [1.82, 2.24) is 5.32 Å². The van der Waals surface area contributed by atoms with E-state index in [2.05, 4.69) is 5.32 Å². The van der Waals surface area contributed by atoms with Gasteiger partial charge in [-0.3, -0.25) is 9.59 Å². The molecule has 0 heterocycles. The van der Waals surface area contributed by atoms with Gasteiger partial charge in [0.15, 0.2) is 0 Å². The Bertz CT molecular complexity index is 650. The molecule has 0 aliphatic rings. The van der Waals surface area contributed by atoms with Crippen LogP contribution in [0.15, 0.2) is 54.6 Å². The lowest BCUT2D eigenvalue weighted by Gasteiger charge is -2.14. The van der Waals surface area contributed by atoms with Crippen LogP contribution in [-0.2, 0) is 9.59 Å². The minimum absolute atomic E-state index is 0.0568. The number of hydrogen-bond acceptors (Lipinski definition) is 3. The molecular weight excluding hydrogens is 290 g/mol. The molecule has 0 bridgehead atoms. The highest BCUT2D eigenvalue weighted by atomic mass is 16.5. The molecule has 23 heavy (non-hydrogen) atoms. The molecule has 4 heteroatoms. The molecule has 1 N–H and O–H groups in total. The van der Waals surface area contributed by atoms with Crippen molar-refractivity contribution in [2.75, 3.05) is 0 Å². The van der Waals surface area contributed by atoms with E-state index in [4.69, 9.17) is 4.74 Å². The molecule has 0 radical (unpaired) electrons. The van der Waals surface area contributed by atoms with Gasteiger partial charge < -0.3 is 10.1 Å². The van der Waals surface area contributed by atoms with Gasteiger partial charge in [0.2, 0.25) is 5.91 Å². The average molecular weight is 311 g/mol. The van der Waals surface area contributed by atoms with Gasteiger partial charge in [-0.15, -0.1) is 0 Å². The topological polar surface area (TPSA) is 55.4 Å². The van der Waals surface area contributed by atoms with Crippen LogP contribution >= 0.6 is 0 Å². The molecule has 2 aromatic carbocycles. The zero-order valence-corrected chi connectivity index (χ0v) is 13.4. The maximum Gasteiger partial charge on any atom is 0.311 e. The smallest absolute Gasteiger partial charge is 0.311 e. The Kier molecular flexibility index (Phi) is 5.92. The van der Waals surface area contributed by atoms with Crippen molar-refractivity contribution in [2.24, 2.45) is 0 Å². The Balaban J connectivity index is 1.75. The first-order chi connectivity index (χ1) is 11.0. The molecule has 0 aliphatic carbocycles. The van der Waals surface area contributed by atoms with Gasteiger partial charge in [0.05, 0.1) is 12.5 Å². The van der Waals surface area contributed by atoms with Crippen molar-refractivity contribution in [3.8, 4) is 5.75 Å². The molecule has 2 aromatic rings. The molecular formula is C19H21NO3. The van der Waals surface area contributed by atoms with Crippen LogP contribution in [0.25, 0.3) is 0 Å². The predicted octanol–water partition coefficient (Wildman–Crippen LogP) is 3.56. The number of hydrogen-bond donors (Lipinski definition) is 1. The van der Waals surface area contributed by atoms with Gasteiger partial charge in [0.1, 0.15) is 5.75 Å². The van der Waals surface area contributed by atoms with E-state index in [0.717, 1.165) is 11.1 Å². The van der Waals surface area contributed by atoms with Crippen LogP contribution in [0.2, 0.25) is 0 Å². The van der Waals surface area contributed by atoms with Gasteiger partial charge >= 0.3 is 5.97 Å². The molecule has 0 aromatic heterocycles. The van der Waals surface area contributed by atoms with Crippen LogP contribution in [0.1, 0.15) is 36.9 Å². The van der Waals surface area contributed by atoms with Crippen LogP contribution in [0, 0.1) is 6.92 Å². The van der Waals surface area contributed by atoms with Crippen molar-refractivity contribution >= 4 is 11.9 Å². The predicted molar refractivity (Wildman–Crippen MR) is 89.0 cm³/mol. The number of nitrogens with one attached hydrogen (secondary N) is 1. The second kappa shape index (κ2) is 8.13. The fourth-order valence-corrected chi connectivity index (χ4v) is 2.14. The van der Waals surface area contributed by atoms with Crippen LogP contribution in [-0.4, -0.2) is 11.9 Å². The number of esters is 1. The van der Waals surface area contributed by atoms with Crippen molar-refractivity contribution in [3.63, 3.8) is 0 Å². The fraction of sp³-hybridized carbons (Fsp3) is 0.263. The van der Waals surface area contributed by atoms with Gasteiger partial charge in [-0.2, -0.15) is 0 Å². The van der Waals surface area contributed by atoms with E-state index < -0.39 is 5.97 Å². The summed E-state index contributed by atoms with van der Waals surface area (Å²) in [5.41, 5.74) is 2.13. The highest BCUT2D eigenvalue weighted by Crippen LogP contribution is 2.13. The molecule has 0 unspecified atom stereocenters. The maximum atomic E-state index is 11.9. The van der Waals surface area contributed by atoms with Gasteiger partial charge in [0, 0.05) is 6.42 Å². The lowest BCUT2D eigenvalue weighted by Crippen LogP contribution is -2.27. The molecule has 4 nitrogen and oxygen atoms in total. The largest absolute Gasteiger partial charge is 0.427 e. The SMILES string of the molecule is Cc1ccc(OC(=O)CCC(=O)N[C@H](C)c2ccccc2)cc1. The minimum atomic E-state index is -0.406. The Hall–Kier alpha value is -2.62. The highest BCUT2D eigenvalue weighted by Gasteiger charge is 2.12. The Morgan fingerprint density at radius 3 is 2.30 bits per heavy atom. The van der Waals surface area contributed by atoms with Crippen LogP contribution in [0.4, 0.5) is 0 Å². The molecule has 0 aliphatic heterocycles. The first-order valence-corrected chi connectivity index (χ1v) is 7.66.